The van der Waals surface area contributed by atoms with Crippen LogP contribution in [0.4, 0.5) is 0 Å². The molecule has 49 heavy (non-hydrogen) atoms. The molecule has 16 nitrogen and oxygen atoms in total. The lowest BCUT2D eigenvalue weighted by atomic mass is 10.2. The minimum Gasteiger partial charge on any atom is -0.492 e. The van der Waals surface area contributed by atoms with Crippen LogP contribution in [0.5, 0.6) is 5.75 Å². The third kappa shape index (κ3) is 8.66. The molecule has 0 amide bonds. The van der Waals surface area contributed by atoms with Crippen molar-refractivity contribution in [3.05, 3.63) is 86.4 Å². The molecule has 7 heterocycles. The molecule has 0 unspecified atom stereocenters. The quantitative estimate of drug-likeness (QED) is 0.182. The van der Waals surface area contributed by atoms with Gasteiger partial charge in [-0.25, -0.2) is 24.9 Å². The van der Waals surface area contributed by atoms with Crippen molar-refractivity contribution >= 4 is 10.1 Å². The van der Waals surface area contributed by atoms with Gasteiger partial charge in [-0.3, -0.25) is 14.5 Å². The summed E-state index contributed by atoms with van der Waals surface area (Å²) in [5.74, 6) is 3.34. The number of aromatic nitrogens is 7. The third-order valence-corrected chi connectivity index (χ3v) is 6.52. The zero-order valence-corrected chi connectivity index (χ0v) is 27.1. The van der Waals surface area contributed by atoms with E-state index in [9.17, 15) is 8.42 Å². The Morgan fingerprint density at radius 1 is 0.694 bits per heavy atom. The van der Waals surface area contributed by atoms with E-state index in [-0.39, 0.29) is 11.8 Å². The van der Waals surface area contributed by atoms with Crippen molar-refractivity contribution in [3.8, 4) is 74.5 Å². The van der Waals surface area contributed by atoms with Gasteiger partial charge in [0.25, 0.3) is 10.1 Å². The lowest BCUT2D eigenvalue weighted by Gasteiger charge is -2.12. The highest BCUT2D eigenvalue weighted by atomic mass is 32.2. The summed E-state index contributed by atoms with van der Waals surface area (Å²) in [6.07, 6.45) is 13.3. The second-order valence-electron chi connectivity index (χ2n) is 10.6. The molecule has 1 N–H and O–H groups in total. The van der Waals surface area contributed by atoms with Crippen LogP contribution in [-0.2, 0) is 10.1 Å². The Bertz CT molecular complexity index is 2070. The highest BCUT2D eigenvalue weighted by molar-refractivity contribution is 7.85. The van der Waals surface area contributed by atoms with Crippen LogP contribution in [0.1, 0.15) is 0 Å². The monoisotopic (exact) mass is 684 g/mol. The van der Waals surface area contributed by atoms with Gasteiger partial charge in [-0.15, -0.1) is 0 Å². The topological polar surface area (TPSA) is 210 Å². The number of oxazole rings is 4. The normalized spacial score (nSPS) is 11.4. The molecule has 0 bridgehead atoms. The van der Waals surface area contributed by atoms with E-state index in [1.165, 1.54) is 12.8 Å². The van der Waals surface area contributed by atoms with Crippen molar-refractivity contribution in [1.82, 2.24) is 39.8 Å². The fourth-order valence-corrected chi connectivity index (χ4v) is 4.26. The molecule has 0 aromatic carbocycles. The molecule has 7 aromatic rings. The summed E-state index contributed by atoms with van der Waals surface area (Å²) in [5, 5.41) is 0. The van der Waals surface area contributed by atoms with Gasteiger partial charge in [0, 0.05) is 42.2 Å². The molecule has 0 saturated carbocycles. The second kappa shape index (κ2) is 14.4. The number of hydrogen-bond donors (Lipinski definition) is 1. The molecule has 0 aliphatic carbocycles. The molecule has 0 aliphatic heterocycles. The van der Waals surface area contributed by atoms with E-state index in [1.54, 1.807) is 49.3 Å². The van der Waals surface area contributed by atoms with Crippen molar-refractivity contribution in [1.29, 1.82) is 0 Å². The summed E-state index contributed by atoms with van der Waals surface area (Å²) >= 11 is 0. The van der Waals surface area contributed by atoms with Gasteiger partial charge in [0.15, 0.2) is 35.8 Å². The van der Waals surface area contributed by atoms with Crippen molar-refractivity contribution < 1.29 is 35.4 Å². The molecule has 7 rings (SSSR count). The molecule has 0 saturated heterocycles. The minimum absolute atomic E-state index is 0.289. The van der Waals surface area contributed by atoms with Crippen LogP contribution in [0, 0.1) is 0 Å². The van der Waals surface area contributed by atoms with Gasteiger partial charge in [-0.05, 0) is 38.4 Å². The fourth-order valence-electron chi connectivity index (χ4n) is 4.26. The maximum absolute atomic E-state index is 9.19. The van der Waals surface area contributed by atoms with Crippen LogP contribution in [0.15, 0.2) is 104 Å². The van der Waals surface area contributed by atoms with Gasteiger partial charge in [0.1, 0.15) is 35.1 Å². The Morgan fingerprint density at radius 2 is 1.18 bits per heavy atom. The van der Waals surface area contributed by atoms with Gasteiger partial charge in [0.2, 0.25) is 11.8 Å². The van der Waals surface area contributed by atoms with E-state index in [0.717, 1.165) is 17.7 Å². The van der Waals surface area contributed by atoms with Crippen LogP contribution in [-0.4, -0.2) is 86.3 Å². The predicted octanol–water partition coefficient (Wildman–Crippen LogP) is 5.27. The standard InChI is InChI=1S/C31H24N8O5.CH4O3S/c1-39(2)7-8-40-21-9-24(30-36-15-28(43-30)22-5-3-19(11-34-22)26-13-32-17-41-26)38-25(10-21)31-37-16-29(44-31)23-6-4-20(12-35-23)27-14-33-18-42-27;1-5(2,3)4/h3-6,9-18H,7-8H2,1-2H3;1H3,(H,2,3,4). The number of nitrogens with zero attached hydrogens (tertiary/aromatic N) is 8. The number of rotatable bonds is 10. The summed E-state index contributed by atoms with van der Waals surface area (Å²) in [5.41, 5.74) is 3.69. The molecule has 0 aliphatic rings. The Morgan fingerprint density at radius 3 is 1.57 bits per heavy atom. The Balaban J connectivity index is 0.000000778. The fraction of sp³-hybridized carbons (Fsp3) is 0.156. The lowest BCUT2D eigenvalue weighted by molar-refractivity contribution is 0.261. The van der Waals surface area contributed by atoms with Crippen LogP contribution < -0.4 is 4.74 Å². The average Bonchev–Trinajstić information content (AvgIpc) is 3.92. The van der Waals surface area contributed by atoms with E-state index >= 15 is 0 Å². The zero-order valence-electron chi connectivity index (χ0n) is 26.3. The zero-order chi connectivity index (χ0) is 34.4. The maximum atomic E-state index is 9.19. The molecule has 0 radical (unpaired) electrons. The number of likely N-dealkylation sites (N-methyl/N-ethyl adjacent to an activating group) is 1. The summed E-state index contributed by atoms with van der Waals surface area (Å²) in [4.78, 5) is 32.6. The third-order valence-electron chi connectivity index (χ3n) is 6.52. The average molecular weight is 685 g/mol. The number of ether oxygens (including phenoxy) is 1. The highest BCUT2D eigenvalue weighted by Gasteiger charge is 2.18. The van der Waals surface area contributed by atoms with Gasteiger partial charge in [-0.2, -0.15) is 8.42 Å². The molecule has 0 spiro atoms. The summed E-state index contributed by atoms with van der Waals surface area (Å²) < 4.78 is 54.8. The summed E-state index contributed by atoms with van der Waals surface area (Å²) in [6, 6.07) is 10.9. The first kappa shape index (κ1) is 32.9. The first-order chi connectivity index (χ1) is 23.6. The molecular weight excluding hydrogens is 656 g/mol. The summed E-state index contributed by atoms with van der Waals surface area (Å²) in [6.45, 7) is 1.19. The smallest absolute Gasteiger partial charge is 0.261 e. The number of pyridine rings is 3. The summed E-state index contributed by atoms with van der Waals surface area (Å²) in [7, 11) is 0.293. The molecule has 0 fully saturated rings. The van der Waals surface area contributed by atoms with Crippen molar-refractivity contribution in [2.45, 2.75) is 0 Å². The van der Waals surface area contributed by atoms with Gasteiger partial charge in [-0.1, -0.05) is 0 Å². The first-order valence-corrected chi connectivity index (χ1v) is 16.3. The van der Waals surface area contributed by atoms with E-state index < -0.39 is 10.1 Å². The Kier molecular flexibility index (Phi) is 9.65. The number of hydrogen-bond acceptors (Lipinski definition) is 15. The Hall–Kier alpha value is -6.04. The van der Waals surface area contributed by atoms with Crippen molar-refractivity contribution in [3.63, 3.8) is 0 Å². The molecule has 250 valence electrons. The van der Waals surface area contributed by atoms with Gasteiger partial charge < -0.3 is 27.3 Å². The molecule has 17 heteroatoms. The van der Waals surface area contributed by atoms with E-state index in [2.05, 4.69) is 29.9 Å². The van der Waals surface area contributed by atoms with Crippen LogP contribution in [0.25, 0.3) is 68.7 Å². The minimum atomic E-state index is -3.67. The SMILES string of the molecule is CN(C)CCOc1cc(-c2ncc(-c3ccc(-c4cnco4)cn3)o2)nc(-c2ncc(-c3ccc(-c4cnco4)cn3)o2)c1.CS(=O)(=O)O. The van der Waals surface area contributed by atoms with E-state index in [0.29, 0.717) is 64.4 Å². The highest BCUT2D eigenvalue weighted by Crippen LogP contribution is 2.32. The van der Waals surface area contributed by atoms with E-state index in [4.69, 9.17) is 31.9 Å². The van der Waals surface area contributed by atoms with Crippen molar-refractivity contribution in [2.75, 3.05) is 33.5 Å². The molecular formula is C32H28N8O8S. The molecule has 0 atom stereocenters. The van der Waals surface area contributed by atoms with E-state index in [1.807, 2.05) is 43.3 Å². The van der Waals surface area contributed by atoms with Crippen LogP contribution in [0.3, 0.4) is 0 Å². The van der Waals surface area contributed by atoms with Crippen LogP contribution >= 0.6 is 0 Å². The lowest BCUT2D eigenvalue weighted by Crippen LogP contribution is -2.19. The Labute approximate surface area is 279 Å². The molecule has 7 aromatic heterocycles. The van der Waals surface area contributed by atoms with Gasteiger partial charge >= 0.3 is 0 Å². The van der Waals surface area contributed by atoms with Gasteiger partial charge in [0.05, 0.1) is 31.0 Å². The largest absolute Gasteiger partial charge is 0.492 e. The van der Waals surface area contributed by atoms with Crippen LogP contribution in [0.2, 0.25) is 0 Å². The predicted molar refractivity (Wildman–Crippen MR) is 174 cm³/mol. The maximum Gasteiger partial charge on any atom is 0.261 e. The first-order valence-electron chi connectivity index (χ1n) is 14.4. The van der Waals surface area contributed by atoms with Crippen molar-refractivity contribution in [2.24, 2.45) is 0 Å². The second-order valence-corrected chi connectivity index (χ2v) is 12.1.